The summed E-state index contributed by atoms with van der Waals surface area (Å²) >= 11 is 0. The predicted molar refractivity (Wildman–Crippen MR) is 134 cm³/mol. The zero-order valence-corrected chi connectivity index (χ0v) is 20.6. The van der Waals surface area contributed by atoms with Gasteiger partial charge in [-0.1, -0.05) is 75.4 Å². The summed E-state index contributed by atoms with van der Waals surface area (Å²) in [6.07, 6.45) is 7.26. The highest BCUT2D eigenvalue weighted by Crippen LogP contribution is 2.11. The van der Waals surface area contributed by atoms with Gasteiger partial charge in [0.1, 0.15) is 6.04 Å². The number of benzene rings is 1. The van der Waals surface area contributed by atoms with Crippen LogP contribution in [0.1, 0.15) is 52.1 Å². The maximum absolute atomic E-state index is 12.7. The van der Waals surface area contributed by atoms with Crippen molar-refractivity contribution in [1.29, 1.82) is 0 Å². The molecule has 1 heterocycles. The van der Waals surface area contributed by atoms with Crippen LogP contribution in [0.2, 0.25) is 0 Å². The Hall–Kier alpha value is -3.39. The van der Waals surface area contributed by atoms with Crippen LogP contribution in [0.5, 0.6) is 0 Å². The van der Waals surface area contributed by atoms with Crippen LogP contribution in [0.15, 0.2) is 47.3 Å². The van der Waals surface area contributed by atoms with Gasteiger partial charge in [-0.3, -0.25) is 9.36 Å². The molecule has 0 aliphatic heterocycles. The first-order valence-corrected chi connectivity index (χ1v) is 10.9. The zero-order valence-electron chi connectivity index (χ0n) is 20.6. The van der Waals surface area contributed by atoms with Crippen LogP contribution in [0.25, 0.3) is 12.7 Å². The molecule has 3 N–H and O–H groups in total. The summed E-state index contributed by atoms with van der Waals surface area (Å²) in [7, 11) is 3.21. The van der Waals surface area contributed by atoms with Crippen molar-refractivity contribution in [2.24, 2.45) is 12.8 Å². The van der Waals surface area contributed by atoms with Crippen LogP contribution in [-0.4, -0.2) is 34.8 Å². The van der Waals surface area contributed by atoms with E-state index in [1.807, 2.05) is 26.0 Å². The zero-order chi connectivity index (χ0) is 25.4. The van der Waals surface area contributed by atoms with E-state index in [0.717, 1.165) is 11.2 Å². The van der Waals surface area contributed by atoms with E-state index in [1.165, 1.54) is 18.0 Å². The highest BCUT2D eigenvalue weighted by Gasteiger charge is 2.23. The minimum absolute atomic E-state index is 0.379. The molecule has 182 valence electrons. The summed E-state index contributed by atoms with van der Waals surface area (Å²) in [5, 5.41) is 3.32. The third-order valence-electron chi connectivity index (χ3n) is 4.28. The van der Waals surface area contributed by atoms with Gasteiger partial charge in [0.05, 0.1) is 10.7 Å². The van der Waals surface area contributed by atoms with Gasteiger partial charge in [0.2, 0.25) is 5.91 Å². The Morgan fingerprint density at radius 1 is 1.21 bits per heavy atom. The molecule has 0 spiro atoms. The first-order valence-electron chi connectivity index (χ1n) is 10.9. The molecule has 2 amide bonds. The summed E-state index contributed by atoms with van der Waals surface area (Å²) in [6, 6.07) is 6.82. The van der Waals surface area contributed by atoms with E-state index in [4.69, 9.17) is 5.73 Å². The van der Waals surface area contributed by atoms with Crippen LogP contribution < -0.4 is 27.4 Å². The molecular formula is C25H38N4O4. The molecule has 0 bridgehead atoms. The average Bonchev–Trinajstić information content (AvgIpc) is 3.02. The Bertz CT molecular complexity index is 1050. The Balaban J connectivity index is 0.00000129. The van der Waals surface area contributed by atoms with Crippen molar-refractivity contribution in [3.05, 3.63) is 69.2 Å². The number of nitrogens with zero attached hydrogens (tertiary/aromatic N) is 2. The number of aromatic nitrogens is 2. The van der Waals surface area contributed by atoms with Crippen LogP contribution in [0, 0.1) is 0 Å². The Kier molecular flexibility index (Phi) is 14.6. The molecular weight excluding hydrogens is 420 g/mol. The number of ether oxygens (including phenoxy) is 1. The van der Waals surface area contributed by atoms with Gasteiger partial charge in [0.25, 0.3) is 0 Å². The van der Waals surface area contributed by atoms with Gasteiger partial charge >= 0.3 is 11.7 Å². The normalized spacial score (nSPS) is 11.8. The molecule has 0 unspecified atom stereocenters. The summed E-state index contributed by atoms with van der Waals surface area (Å²) in [5.74, 6) is -0.720. The summed E-state index contributed by atoms with van der Waals surface area (Å²) in [5.41, 5.74) is 5.42. The number of methoxy groups -OCH3 is 1. The number of primary amides is 1. The van der Waals surface area contributed by atoms with Crippen molar-refractivity contribution in [3.63, 3.8) is 0 Å². The molecule has 0 aliphatic carbocycles. The number of carbonyl (C=O) groups is 2. The van der Waals surface area contributed by atoms with Crippen molar-refractivity contribution in [2.45, 2.75) is 46.6 Å². The number of hydrogen-bond acceptors (Lipinski definition) is 4. The largest absolute Gasteiger partial charge is 0.385 e. The van der Waals surface area contributed by atoms with Gasteiger partial charge in [-0.2, -0.15) is 0 Å². The first-order chi connectivity index (χ1) is 15.7. The molecule has 2 rings (SSSR count). The summed E-state index contributed by atoms with van der Waals surface area (Å²) in [4.78, 5) is 37.0. The molecule has 0 fully saturated rings. The van der Waals surface area contributed by atoms with Crippen molar-refractivity contribution < 1.29 is 14.3 Å². The van der Waals surface area contributed by atoms with Crippen LogP contribution in [-0.2, 0) is 16.6 Å². The number of imidazole rings is 1. The molecule has 33 heavy (non-hydrogen) atoms. The fourth-order valence-electron chi connectivity index (χ4n) is 2.54. The topological polar surface area (TPSA) is 108 Å². The smallest absolute Gasteiger partial charge is 0.337 e. The van der Waals surface area contributed by atoms with E-state index in [0.29, 0.717) is 22.7 Å². The van der Waals surface area contributed by atoms with E-state index in [2.05, 4.69) is 30.5 Å². The molecule has 1 atom stereocenters. The van der Waals surface area contributed by atoms with Crippen molar-refractivity contribution >= 4 is 24.6 Å². The molecule has 8 nitrogen and oxygen atoms in total. The number of allylic oxidation sites excluding steroid dienone is 2. The van der Waals surface area contributed by atoms with E-state index in [9.17, 15) is 14.4 Å². The summed E-state index contributed by atoms with van der Waals surface area (Å²) < 4.78 is 6.79. The van der Waals surface area contributed by atoms with E-state index in [1.54, 1.807) is 43.5 Å². The average molecular weight is 459 g/mol. The van der Waals surface area contributed by atoms with Crippen LogP contribution >= 0.6 is 0 Å². The van der Waals surface area contributed by atoms with Gasteiger partial charge in [0, 0.05) is 20.8 Å². The van der Waals surface area contributed by atoms with Gasteiger partial charge in [-0.05, 0) is 25.8 Å². The minimum atomic E-state index is -1.05. The third-order valence-corrected chi connectivity index (χ3v) is 4.28. The lowest BCUT2D eigenvalue weighted by Crippen LogP contribution is -2.46. The number of amides is 2. The van der Waals surface area contributed by atoms with E-state index >= 15 is 0 Å². The molecule has 0 radical (unpaired) electrons. The molecule has 1 aromatic heterocycles. The molecule has 8 heteroatoms. The minimum Gasteiger partial charge on any atom is -0.385 e. The Labute approximate surface area is 196 Å². The quantitative estimate of drug-likeness (QED) is 0.647. The Morgan fingerprint density at radius 2 is 1.76 bits per heavy atom. The molecule has 0 saturated carbocycles. The molecule has 0 saturated heterocycles. The highest BCUT2D eigenvalue weighted by molar-refractivity contribution is 5.87. The first kappa shape index (κ1) is 29.6. The van der Waals surface area contributed by atoms with Gasteiger partial charge in [0.15, 0.2) is 0 Å². The van der Waals surface area contributed by atoms with Gasteiger partial charge < -0.3 is 15.8 Å². The van der Waals surface area contributed by atoms with Crippen molar-refractivity contribution in [1.82, 2.24) is 14.5 Å². The number of carbonyl (C=O) groups excluding carboxylic acids is 2. The molecule has 2 aromatic rings. The van der Waals surface area contributed by atoms with Crippen molar-refractivity contribution in [3.8, 4) is 0 Å². The van der Waals surface area contributed by atoms with E-state index in [-0.39, 0.29) is 0 Å². The van der Waals surface area contributed by atoms with Gasteiger partial charge in [-0.25, -0.2) is 14.2 Å². The second kappa shape index (κ2) is 16.3. The number of nitrogens with two attached hydrogens (primary N) is 1. The standard InChI is InChI=1S/C19H22N4O3.C3H8O.C3H8/c1-4-5-7-12-15-13(2)22(3)19(26)23(15)18(25)21-16(17(20)24)14-10-8-6-9-11-14;1-3-4-2;1-3-2/h4-6,8-12,16H,2,7H2,1,3H3,(H2,20,24)(H,21,25);3H2,1-2H3;3H2,1-2H3/b5-4-,15-12+;;/t16-;;/m0../s1. The van der Waals surface area contributed by atoms with Crippen molar-refractivity contribution in [2.75, 3.05) is 13.7 Å². The highest BCUT2D eigenvalue weighted by atomic mass is 16.5. The number of nitrogens with one attached hydrogen (secondary N) is 1. The number of hydrogen-bond donors (Lipinski definition) is 2. The molecule has 1 aromatic carbocycles. The monoisotopic (exact) mass is 458 g/mol. The second-order valence-electron chi connectivity index (χ2n) is 7.00. The maximum atomic E-state index is 12.7. The lowest BCUT2D eigenvalue weighted by Gasteiger charge is -2.15. The second-order valence-corrected chi connectivity index (χ2v) is 7.00. The molecule has 0 aliphatic rings. The van der Waals surface area contributed by atoms with Crippen LogP contribution in [0.3, 0.4) is 0 Å². The fourth-order valence-corrected chi connectivity index (χ4v) is 2.54. The fraction of sp³-hybridized carbons (Fsp3) is 0.400. The summed E-state index contributed by atoms with van der Waals surface area (Å²) in [6.45, 7) is 12.8. The maximum Gasteiger partial charge on any atom is 0.337 e. The Morgan fingerprint density at radius 3 is 2.21 bits per heavy atom. The lowest BCUT2D eigenvalue weighted by atomic mass is 10.1. The van der Waals surface area contributed by atoms with E-state index < -0.39 is 23.7 Å². The van der Waals surface area contributed by atoms with Gasteiger partial charge in [-0.15, -0.1) is 0 Å². The predicted octanol–water partition coefficient (Wildman–Crippen LogP) is 2.20. The van der Waals surface area contributed by atoms with Crippen LogP contribution in [0.4, 0.5) is 4.79 Å². The lowest BCUT2D eigenvalue weighted by molar-refractivity contribution is -0.119. The third kappa shape index (κ3) is 9.33. The number of rotatable bonds is 6. The SMILES string of the molecule is C=c1/c(=C\C/C=C\C)n(C(=O)N[C@H](C(N)=O)c2ccccc2)c(=O)n1C.CCC.CCOC.